The lowest BCUT2D eigenvalue weighted by Crippen LogP contribution is -2.49. The SMILES string of the molecule is COCCC(=O)N1CCN(c2ccc(Nc3nccc(-c4ccc(NC(=O)[C@H]5C[C@H](O)CN5)cc4)n3)cc2)CC1. The fraction of sp³-hybridized carbons (Fsp3) is 0.379. The molecular weight excluding hydrogens is 510 g/mol. The average molecular weight is 546 g/mol. The van der Waals surface area contributed by atoms with E-state index in [0.29, 0.717) is 50.7 Å². The largest absolute Gasteiger partial charge is 0.392 e. The molecule has 2 fully saturated rings. The molecular formula is C29H35N7O4. The quantitative estimate of drug-likeness (QED) is 0.320. The summed E-state index contributed by atoms with van der Waals surface area (Å²) in [6.45, 7) is 3.88. The number of nitrogens with zero attached hydrogens (tertiary/aromatic N) is 4. The summed E-state index contributed by atoms with van der Waals surface area (Å²) in [5.41, 5.74) is 4.32. The van der Waals surface area contributed by atoms with Crippen LogP contribution >= 0.6 is 0 Å². The Morgan fingerprint density at radius 2 is 1.75 bits per heavy atom. The maximum atomic E-state index is 12.4. The van der Waals surface area contributed by atoms with Crippen molar-refractivity contribution in [3.63, 3.8) is 0 Å². The Morgan fingerprint density at radius 1 is 1.02 bits per heavy atom. The summed E-state index contributed by atoms with van der Waals surface area (Å²) in [7, 11) is 1.61. The van der Waals surface area contributed by atoms with Crippen LogP contribution in [-0.4, -0.2) is 90.4 Å². The van der Waals surface area contributed by atoms with Gasteiger partial charge in [0.2, 0.25) is 17.8 Å². The van der Waals surface area contributed by atoms with Crippen molar-refractivity contribution >= 4 is 34.8 Å². The van der Waals surface area contributed by atoms with Gasteiger partial charge < -0.3 is 35.6 Å². The van der Waals surface area contributed by atoms with Crippen LogP contribution in [0.15, 0.2) is 60.8 Å². The second-order valence-corrected chi connectivity index (χ2v) is 9.96. The van der Waals surface area contributed by atoms with Gasteiger partial charge in [-0.1, -0.05) is 12.1 Å². The van der Waals surface area contributed by atoms with Crippen molar-refractivity contribution in [1.82, 2.24) is 20.2 Å². The summed E-state index contributed by atoms with van der Waals surface area (Å²) in [5.74, 6) is 0.472. The highest BCUT2D eigenvalue weighted by molar-refractivity contribution is 5.95. The third-order valence-corrected chi connectivity index (χ3v) is 7.17. The Labute approximate surface area is 233 Å². The van der Waals surface area contributed by atoms with E-state index in [1.54, 1.807) is 13.3 Å². The predicted octanol–water partition coefficient (Wildman–Crippen LogP) is 2.23. The lowest BCUT2D eigenvalue weighted by Gasteiger charge is -2.36. The number of carbonyl (C=O) groups is 2. The molecule has 2 aliphatic rings. The molecule has 4 N–H and O–H groups in total. The van der Waals surface area contributed by atoms with Crippen LogP contribution in [0, 0.1) is 0 Å². The molecule has 0 aliphatic carbocycles. The number of rotatable bonds is 9. The van der Waals surface area contributed by atoms with Crippen molar-refractivity contribution in [2.45, 2.75) is 25.0 Å². The van der Waals surface area contributed by atoms with Crippen molar-refractivity contribution in [2.75, 3.05) is 62.0 Å². The van der Waals surface area contributed by atoms with E-state index >= 15 is 0 Å². The molecule has 210 valence electrons. The first kappa shape index (κ1) is 27.5. The third-order valence-electron chi connectivity index (χ3n) is 7.17. The van der Waals surface area contributed by atoms with Crippen LogP contribution in [-0.2, 0) is 14.3 Å². The van der Waals surface area contributed by atoms with Crippen LogP contribution < -0.4 is 20.9 Å². The summed E-state index contributed by atoms with van der Waals surface area (Å²) in [5, 5.41) is 18.8. The maximum absolute atomic E-state index is 12.4. The first-order valence-electron chi connectivity index (χ1n) is 13.5. The molecule has 2 saturated heterocycles. The minimum atomic E-state index is -0.484. The van der Waals surface area contributed by atoms with Crippen LogP contribution in [0.5, 0.6) is 0 Å². The Hall–Kier alpha value is -4.06. The Balaban J connectivity index is 1.15. The molecule has 40 heavy (non-hydrogen) atoms. The first-order valence-corrected chi connectivity index (χ1v) is 13.5. The topological polar surface area (TPSA) is 132 Å². The minimum Gasteiger partial charge on any atom is -0.392 e. The third kappa shape index (κ3) is 6.92. The van der Waals surface area contributed by atoms with Gasteiger partial charge in [-0.2, -0.15) is 0 Å². The van der Waals surface area contributed by atoms with Crippen molar-refractivity contribution in [1.29, 1.82) is 0 Å². The van der Waals surface area contributed by atoms with Gasteiger partial charge >= 0.3 is 0 Å². The van der Waals surface area contributed by atoms with Gasteiger partial charge in [0.1, 0.15) is 0 Å². The van der Waals surface area contributed by atoms with E-state index in [1.165, 1.54) is 0 Å². The lowest BCUT2D eigenvalue weighted by atomic mass is 10.1. The fourth-order valence-corrected chi connectivity index (χ4v) is 4.90. The van der Waals surface area contributed by atoms with E-state index in [-0.39, 0.29) is 17.9 Å². The molecule has 11 nitrogen and oxygen atoms in total. The molecule has 3 heterocycles. The zero-order valence-electron chi connectivity index (χ0n) is 22.5. The van der Waals surface area contributed by atoms with Gasteiger partial charge in [0.25, 0.3) is 0 Å². The average Bonchev–Trinajstić information content (AvgIpc) is 3.43. The normalized spacial score (nSPS) is 18.9. The van der Waals surface area contributed by atoms with Crippen molar-refractivity contribution in [3.8, 4) is 11.3 Å². The van der Waals surface area contributed by atoms with E-state index < -0.39 is 6.10 Å². The molecule has 5 rings (SSSR count). The molecule has 2 aliphatic heterocycles. The molecule has 2 amide bonds. The molecule has 0 bridgehead atoms. The number of hydrogen-bond donors (Lipinski definition) is 4. The summed E-state index contributed by atoms with van der Waals surface area (Å²) < 4.78 is 5.02. The van der Waals surface area contributed by atoms with Crippen LogP contribution in [0.1, 0.15) is 12.8 Å². The van der Waals surface area contributed by atoms with E-state index in [0.717, 1.165) is 35.7 Å². The van der Waals surface area contributed by atoms with Crippen LogP contribution in [0.25, 0.3) is 11.3 Å². The number of nitrogens with one attached hydrogen (secondary N) is 3. The summed E-state index contributed by atoms with van der Waals surface area (Å²) in [6, 6.07) is 17.0. The number of carbonyl (C=O) groups excluding carboxylic acids is 2. The number of aliphatic hydroxyl groups excluding tert-OH is 1. The van der Waals surface area contributed by atoms with Crippen molar-refractivity contribution in [3.05, 3.63) is 60.8 Å². The summed E-state index contributed by atoms with van der Waals surface area (Å²) >= 11 is 0. The number of anilines is 4. The molecule has 11 heteroatoms. The van der Waals surface area contributed by atoms with E-state index in [9.17, 15) is 14.7 Å². The zero-order chi connectivity index (χ0) is 27.9. The smallest absolute Gasteiger partial charge is 0.241 e. The van der Waals surface area contributed by atoms with Crippen LogP contribution in [0.2, 0.25) is 0 Å². The lowest BCUT2D eigenvalue weighted by molar-refractivity contribution is -0.132. The molecule has 0 saturated carbocycles. The van der Waals surface area contributed by atoms with Gasteiger partial charge in [0, 0.05) is 68.7 Å². The number of amides is 2. The van der Waals surface area contributed by atoms with Crippen molar-refractivity contribution in [2.24, 2.45) is 0 Å². The highest BCUT2D eigenvalue weighted by Gasteiger charge is 2.28. The highest BCUT2D eigenvalue weighted by atomic mass is 16.5. The second kappa shape index (κ2) is 12.9. The fourth-order valence-electron chi connectivity index (χ4n) is 4.90. The number of ether oxygens (including phenoxy) is 1. The Kier molecular flexibility index (Phi) is 8.84. The molecule has 1 aromatic heterocycles. The molecule has 0 spiro atoms. The predicted molar refractivity (Wildman–Crippen MR) is 154 cm³/mol. The number of hydrogen-bond acceptors (Lipinski definition) is 9. The van der Waals surface area contributed by atoms with Crippen molar-refractivity contribution < 1.29 is 19.4 Å². The number of benzene rings is 2. The summed E-state index contributed by atoms with van der Waals surface area (Å²) in [4.78, 5) is 37.8. The summed E-state index contributed by atoms with van der Waals surface area (Å²) in [6.07, 6.45) is 2.06. The Bertz CT molecular complexity index is 1290. The van der Waals surface area contributed by atoms with Gasteiger partial charge in [-0.3, -0.25) is 9.59 Å². The van der Waals surface area contributed by atoms with Gasteiger partial charge in [0.05, 0.1) is 30.9 Å². The van der Waals surface area contributed by atoms with E-state index in [1.807, 2.05) is 47.4 Å². The van der Waals surface area contributed by atoms with Gasteiger partial charge in [-0.05, 0) is 48.9 Å². The molecule has 2 atom stereocenters. The molecule has 0 unspecified atom stereocenters. The monoisotopic (exact) mass is 545 g/mol. The molecule has 3 aromatic rings. The standard InChI is InChI=1S/C29H35N7O4/c1-40-17-11-27(38)36-15-13-35(14-16-36)23-8-6-22(7-9-23)33-29-30-12-10-25(34-29)20-2-4-21(5-3-20)32-28(39)26-18-24(37)19-31-26/h2-10,12,24,26,31,37H,11,13-19H2,1H3,(H,32,39)(H,30,33,34)/t24-,26+/m0/s1. The number of aliphatic hydroxyl groups is 1. The first-order chi connectivity index (χ1) is 19.5. The minimum absolute atomic E-state index is 0.143. The zero-order valence-corrected chi connectivity index (χ0v) is 22.5. The van der Waals surface area contributed by atoms with Gasteiger partial charge in [-0.15, -0.1) is 0 Å². The van der Waals surface area contributed by atoms with Gasteiger partial charge in [-0.25, -0.2) is 9.97 Å². The second-order valence-electron chi connectivity index (χ2n) is 9.96. The molecule has 0 radical (unpaired) electrons. The number of piperazine rings is 1. The number of aromatic nitrogens is 2. The number of β-amino-alcohol motifs (C(OH)–C–C–N with tert-alkyl or cyclic N) is 1. The Morgan fingerprint density at radius 3 is 2.42 bits per heavy atom. The van der Waals surface area contributed by atoms with Gasteiger partial charge in [0.15, 0.2) is 0 Å². The van der Waals surface area contributed by atoms with E-state index in [2.05, 4.69) is 43.0 Å². The van der Waals surface area contributed by atoms with E-state index in [4.69, 9.17) is 4.74 Å². The van der Waals surface area contributed by atoms with Crippen LogP contribution in [0.3, 0.4) is 0 Å². The highest BCUT2D eigenvalue weighted by Crippen LogP contribution is 2.24. The molecule has 2 aromatic carbocycles. The maximum Gasteiger partial charge on any atom is 0.241 e. The number of methoxy groups -OCH3 is 1. The van der Waals surface area contributed by atoms with Crippen LogP contribution in [0.4, 0.5) is 23.0 Å².